The lowest BCUT2D eigenvalue weighted by molar-refractivity contribution is -0.137. The second kappa shape index (κ2) is 11.9. The Hall–Kier alpha value is -0.790. The number of unbranched alkanes of at least 4 members (excludes halogenated alkanes) is 3. The summed E-state index contributed by atoms with van der Waals surface area (Å²) < 4.78 is 0. The largest absolute Gasteiger partial charge is 0.481 e. The molecule has 0 aliphatic rings. The van der Waals surface area contributed by atoms with Gasteiger partial charge in [-0.1, -0.05) is 26.2 Å². The molecule has 0 heterocycles. The number of carboxylic acid groups (broad SMARTS) is 1. The summed E-state index contributed by atoms with van der Waals surface area (Å²) in [5.74, 6) is -0.675. The van der Waals surface area contributed by atoms with E-state index in [-0.39, 0.29) is 0 Å². The van der Waals surface area contributed by atoms with Gasteiger partial charge in [-0.05, 0) is 6.42 Å². The Bertz CT molecular complexity index is 89.6. The molecular weight excluding hydrogens is 140 g/mol. The summed E-state index contributed by atoms with van der Waals surface area (Å²) in [6.07, 6.45) is 4.55. The molecule has 0 saturated carbocycles. The Morgan fingerprint density at radius 2 is 1.82 bits per heavy atom. The molecule has 0 bridgehead atoms. The van der Waals surface area contributed by atoms with Crippen molar-refractivity contribution in [2.75, 3.05) is 0 Å². The van der Waals surface area contributed by atoms with Gasteiger partial charge >= 0.3 is 5.97 Å². The Balaban J connectivity index is 0. The Labute approximate surface area is 68.9 Å². The zero-order chi connectivity index (χ0) is 9.11. The van der Waals surface area contributed by atoms with Crippen molar-refractivity contribution < 1.29 is 9.90 Å². The van der Waals surface area contributed by atoms with E-state index in [1.807, 2.05) is 0 Å². The van der Waals surface area contributed by atoms with Crippen LogP contribution in [-0.2, 0) is 4.79 Å². The fraction of sp³-hybridized carbons (Fsp3) is 0.667. The topological polar surface area (TPSA) is 37.3 Å². The minimum Gasteiger partial charge on any atom is -0.481 e. The molecule has 0 radical (unpaired) electrons. The van der Waals surface area contributed by atoms with Gasteiger partial charge in [-0.15, -0.1) is 13.2 Å². The number of hydrogen-bond donors (Lipinski definition) is 1. The van der Waals surface area contributed by atoms with Crippen LogP contribution in [0, 0.1) is 0 Å². The van der Waals surface area contributed by atoms with E-state index in [4.69, 9.17) is 5.11 Å². The quantitative estimate of drug-likeness (QED) is 0.493. The average molecular weight is 158 g/mol. The van der Waals surface area contributed by atoms with Gasteiger partial charge < -0.3 is 5.11 Å². The summed E-state index contributed by atoms with van der Waals surface area (Å²) in [6, 6.07) is 0. The molecule has 0 aromatic carbocycles. The summed E-state index contributed by atoms with van der Waals surface area (Å²) in [4.78, 5) is 9.96. The maximum Gasteiger partial charge on any atom is 0.303 e. The van der Waals surface area contributed by atoms with Crippen molar-refractivity contribution in [1.29, 1.82) is 0 Å². The third-order valence-electron chi connectivity index (χ3n) is 1.24. The lowest BCUT2D eigenvalue weighted by Gasteiger charge is -1.92. The highest BCUT2D eigenvalue weighted by molar-refractivity contribution is 5.66. The highest BCUT2D eigenvalue weighted by atomic mass is 16.4. The van der Waals surface area contributed by atoms with Crippen molar-refractivity contribution in [3.05, 3.63) is 13.2 Å². The minimum absolute atomic E-state index is 0.333. The van der Waals surface area contributed by atoms with Crippen LogP contribution in [0.4, 0.5) is 0 Å². The molecule has 2 heteroatoms. The Morgan fingerprint density at radius 3 is 2.18 bits per heavy atom. The smallest absolute Gasteiger partial charge is 0.303 e. The first-order valence-corrected chi connectivity index (χ1v) is 3.99. The fourth-order valence-electron chi connectivity index (χ4n) is 0.703. The van der Waals surface area contributed by atoms with Crippen LogP contribution in [0.15, 0.2) is 13.2 Å². The van der Waals surface area contributed by atoms with E-state index in [0.29, 0.717) is 6.42 Å². The van der Waals surface area contributed by atoms with Gasteiger partial charge in [0.15, 0.2) is 0 Å². The molecule has 66 valence electrons. The predicted molar refractivity (Wildman–Crippen MR) is 47.6 cm³/mol. The molecule has 0 aromatic heterocycles. The van der Waals surface area contributed by atoms with Gasteiger partial charge in [0.2, 0.25) is 0 Å². The zero-order valence-corrected chi connectivity index (χ0v) is 7.31. The van der Waals surface area contributed by atoms with Crippen LogP contribution in [0.2, 0.25) is 0 Å². The predicted octanol–water partition coefficient (Wildman–Crippen LogP) is 2.84. The molecule has 0 unspecified atom stereocenters. The molecule has 0 atom stereocenters. The SMILES string of the molecule is C=C.CCCCCCC(=O)O. The fourth-order valence-corrected chi connectivity index (χ4v) is 0.703. The van der Waals surface area contributed by atoms with Crippen molar-refractivity contribution >= 4 is 5.97 Å². The molecular formula is C9H18O2. The second-order valence-electron chi connectivity index (χ2n) is 2.20. The standard InChI is InChI=1S/C7H14O2.C2H4/c1-2-3-4-5-6-7(8)9;1-2/h2-6H2,1H3,(H,8,9);1-2H2. The van der Waals surface area contributed by atoms with E-state index in [0.717, 1.165) is 19.3 Å². The van der Waals surface area contributed by atoms with E-state index in [2.05, 4.69) is 20.1 Å². The van der Waals surface area contributed by atoms with Gasteiger partial charge in [0.05, 0.1) is 0 Å². The number of carbonyl (C=O) groups is 1. The molecule has 0 aliphatic carbocycles. The summed E-state index contributed by atoms with van der Waals surface area (Å²) in [7, 11) is 0. The van der Waals surface area contributed by atoms with E-state index >= 15 is 0 Å². The number of carboxylic acids is 1. The van der Waals surface area contributed by atoms with E-state index < -0.39 is 5.97 Å². The minimum atomic E-state index is -0.675. The summed E-state index contributed by atoms with van der Waals surface area (Å²) in [5.41, 5.74) is 0. The van der Waals surface area contributed by atoms with Crippen molar-refractivity contribution in [3.63, 3.8) is 0 Å². The molecule has 2 nitrogen and oxygen atoms in total. The highest BCUT2D eigenvalue weighted by Gasteiger charge is 1.93. The Kier molecular flexibility index (Phi) is 13.9. The van der Waals surface area contributed by atoms with Crippen molar-refractivity contribution in [3.8, 4) is 0 Å². The van der Waals surface area contributed by atoms with Crippen LogP contribution in [0.5, 0.6) is 0 Å². The van der Waals surface area contributed by atoms with Gasteiger partial charge in [0, 0.05) is 6.42 Å². The van der Waals surface area contributed by atoms with Gasteiger partial charge in [-0.25, -0.2) is 0 Å². The first-order chi connectivity index (χ1) is 5.27. The zero-order valence-electron chi connectivity index (χ0n) is 7.31. The molecule has 0 rings (SSSR count). The molecule has 0 aromatic rings. The van der Waals surface area contributed by atoms with Crippen molar-refractivity contribution in [2.45, 2.75) is 39.0 Å². The van der Waals surface area contributed by atoms with Gasteiger partial charge in [0.1, 0.15) is 0 Å². The van der Waals surface area contributed by atoms with Gasteiger partial charge in [-0.2, -0.15) is 0 Å². The normalized spacial score (nSPS) is 8.09. The summed E-state index contributed by atoms with van der Waals surface area (Å²) in [6.45, 7) is 8.11. The monoisotopic (exact) mass is 158 g/mol. The van der Waals surface area contributed by atoms with Crippen LogP contribution >= 0.6 is 0 Å². The molecule has 11 heavy (non-hydrogen) atoms. The number of hydrogen-bond acceptors (Lipinski definition) is 1. The molecule has 1 N–H and O–H groups in total. The van der Waals surface area contributed by atoms with Crippen LogP contribution in [0.1, 0.15) is 39.0 Å². The van der Waals surface area contributed by atoms with Crippen molar-refractivity contribution in [1.82, 2.24) is 0 Å². The van der Waals surface area contributed by atoms with Crippen LogP contribution < -0.4 is 0 Å². The molecule has 0 saturated heterocycles. The third-order valence-corrected chi connectivity index (χ3v) is 1.24. The van der Waals surface area contributed by atoms with E-state index in [9.17, 15) is 4.79 Å². The van der Waals surface area contributed by atoms with E-state index in [1.54, 1.807) is 0 Å². The number of rotatable bonds is 5. The first-order valence-electron chi connectivity index (χ1n) is 3.99. The maximum atomic E-state index is 9.96. The van der Waals surface area contributed by atoms with Crippen LogP contribution in [0.3, 0.4) is 0 Å². The second-order valence-corrected chi connectivity index (χ2v) is 2.20. The Morgan fingerprint density at radius 1 is 1.27 bits per heavy atom. The van der Waals surface area contributed by atoms with Crippen molar-refractivity contribution in [2.24, 2.45) is 0 Å². The molecule has 0 amide bonds. The lowest BCUT2D eigenvalue weighted by atomic mass is 10.2. The van der Waals surface area contributed by atoms with Crippen LogP contribution in [-0.4, -0.2) is 11.1 Å². The molecule has 0 fully saturated rings. The van der Waals surface area contributed by atoms with E-state index in [1.165, 1.54) is 6.42 Å². The van der Waals surface area contributed by atoms with Gasteiger partial charge in [0.25, 0.3) is 0 Å². The third kappa shape index (κ3) is 17.6. The number of aliphatic carboxylic acids is 1. The maximum absolute atomic E-state index is 9.96. The summed E-state index contributed by atoms with van der Waals surface area (Å²) in [5, 5.41) is 8.21. The van der Waals surface area contributed by atoms with Gasteiger partial charge in [-0.3, -0.25) is 4.79 Å². The highest BCUT2D eigenvalue weighted by Crippen LogP contribution is 2.01. The first kappa shape index (κ1) is 12.8. The van der Waals surface area contributed by atoms with Crippen LogP contribution in [0.25, 0.3) is 0 Å². The molecule has 0 spiro atoms. The average Bonchev–Trinajstić information content (AvgIpc) is 2.02. The molecule has 0 aliphatic heterocycles. The lowest BCUT2D eigenvalue weighted by Crippen LogP contribution is -1.92. The summed E-state index contributed by atoms with van der Waals surface area (Å²) >= 11 is 0.